The highest BCUT2D eigenvalue weighted by Gasteiger charge is 2.32. The Balaban J connectivity index is 1.83. The van der Waals surface area contributed by atoms with Crippen LogP contribution in [0.1, 0.15) is 24.2 Å². The van der Waals surface area contributed by atoms with E-state index in [9.17, 15) is 22.0 Å². The van der Waals surface area contributed by atoms with Crippen molar-refractivity contribution in [3.05, 3.63) is 53.4 Å². The molecule has 11 heteroatoms. The van der Waals surface area contributed by atoms with Gasteiger partial charge in [0.1, 0.15) is 5.69 Å². The van der Waals surface area contributed by atoms with Crippen LogP contribution in [0, 0.1) is 11.6 Å². The van der Waals surface area contributed by atoms with Gasteiger partial charge in [-0.25, -0.2) is 18.7 Å². The molecule has 1 atom stereocenters. The van der Waals surface area contributed by atoms with Gasteiger partial charge in [-0.2, -0.15) is 13.2 Å². The monoisotopic (exact) mass is 402 g/mol. The Kier molecular flexibility index (Phi) is 7.07. The zero-order valence-electron chi connectivity index (χ0n) is 15.1. The van der Waals surface area contributed by atoms with Crippen LogP contribution in [-0.2, 0) is 6.18 Å². The van der Waals surface area contributed by atoms with Gasteiger partial charge in [0.2, 0.25) is 5.95 Å². The minimum absolute atomic E-state index is 0.144. The molecule has 0 aliphatic rings. The molecule has 152 valence electrons. The maximum atomic E-state index is 13.3. The minimum atomic E-state index is -4.54. The van der Waals surface area contributed by atoms with Gasteiger partial charge in [0.25, 0.3) is 0 Å². The predicted molar refractivity (Wildman–Crippen MR) is 94.8 cm³/mol. The molecule has 0 saturated heterocycles. The Bertz CT molecular complexity index is 824. The Hall–Kier alpha value is -2.98. The maximum Gasteiger partial charge on any atom is 0.433 e. The van der Waals surface area contributed by atoms with Crippen LogP contribution >= 0.6 is 0 Å². The van der Waals surface area contributed by atoms with Crippen molar-refractivity contribution in [3.8, 4) is 0 Å². The third-order valence-electron chi connectivity index (χ3n) is 3.67. The van der Waals surface area contributed by atoms with Crippen LogP contribution in [0.25, 0.3) is 0 Å². The van der Waals surface area contributed by atoms with Gasteiger partial charge in [-0.15, -0.1) is 0 Å². The number of hydrogen-bond acceptors (Lipinski definition) is 4. The molecule has 28 heavy (non-hydrogen) atoms. The largest absolute Gasteiger partial charge is 0.433 e. The molecule has 3 N–H and O–H groups in total. The van der Waals surface area contributed by atoms with Crippen LogP contribution in [0.5, 0.6) is 0 Å². The molecule has 1 heterocycles. The van der Waals surface area contributed by atoms with E-state index in [1.165, 1.54) is 13.1 Å². The number of rotatable bonds is 6. The highest BCUT2D eigenvalue weighted by molar-refractivity contribution is 5.80. The van der Waals surface area contributed by atoms with E-state index in [0.29, 0.717) is 18.1 Å². The molecular formula is C17H19F5N6. The number of guanidine groups is 1. The van der Waals surface area contributed by atoms with Crippen molar-refractivity contribution in [2.75, 3.05) is 25.5 Å². The third kappa shape index (κ3) is 6.03. The summed E-state index contributed by atoms with van der Waals surface area (Å²) in [5.41, 5.74) is -0.506. The van der Waals surface area contributed by atoms with Crippen molar-refractivity contribution in [1.82, 2.24) is 20.6 Å². The first-order valence-electron chi connectivity index (χ1n) is 8.27. The molecule has 0 fully saturated rings. The van der Waals surface area contributed by atoms with Gasteiger partial charge >= 0.3 is 6.18 Å². The fraction of sp³-hybridized carbons (Fsp3) is 0.353. The first-order valence-corrected chi connectivity index (χ1v) is 8.27. The molecule has 0 aliphatic carbocycles. The summed E-state index contributed by atoms with van der Waals surface area (Å²) < 4.78 is 64.2. The first kappa shape index (κ1) is 21.3. The van der Waals surface area contributed by atoms with Crippen molar-refractivity contribution in [1.29, 1.82) is 0 Å². The first-order chi connectivity index (χ1) is 13.2. The van der Waals surface area contributed by atoms with Gasteiger partial charge in [-0.3, -0.25) is 4.99 Å². The van der Waals surface area contributed by atoms with E-state index in [2.05, 4.69) is 30.9 Å². The van der Waals surface area contributed by atoms with E-state index in [1.54, 1.807) is 6.92 Å². The van der Waals surface area contributed by atoms with Gasteiger partial charge in [-0.1, -0.05) is 6.07 Å². The molecule has 0 saturated carbocycles. The predicted octanol–water partition coefficient (Wildman–Crippen LogP) is 3.11. The lowest BCUT2D eigenvalue weighted by molar-refractivity contribution is -0.141. The molecule has 0 spiro atoms. The summed E-state index contributed by atoms with van der Waals surface area (Å²) in [6.45, 7) is 2.26. The molecule has 2 rings (SSSR count). The third-order valence-corrected chi connectivity index (χ3v) is 3.67. The molecule has 1 aromatic heterocycles. The second-order valence-electron chi connectivity index (χ2n) is 5.73. The molecule has 6 nitrogen and oxygen atoms in total. The minimum Gasteiger partial charge on any atom is -0.355 e. The van der Waals surface area contributed by atoms with Crippen LogP contribution < -0.4 is 16.0 Å². The second kappa shape index (κ2) is 9.29. The van der Waals surface area contributed by atoms with Gasteiger partial charge in [0, 0.05) is 26.3 Å². The van der Waals surface area contributed by atoms with Crippen molar-refractivity contribution >= 4 is 11.9 Å². The van der Waals surface area contributed by atoms with E-state index >= 15 is 0 Å². The van der Waals surface area contributed by atoms with E-state index in [0.717, 1.165) is 24.4 Å². The highest BCUT2D eigenvalue weighted by atomic mass is 19.4. The van der Waals surface area contributed by atoms with Crippen molar-refractivity contribution < 1.29 is 22.0 Å². The highest BCUT2D eigenvalue weighted by Crippen LogP contribution is 2.27. The lowest BCUT2D eigenvalue weighted by atomic mass is 10.1. The van der Waals surface area contributed by atoms with Gasteiger partial charge in [0.05, 0.1) is 6.04 Å². The summed E-state index contributed by atoms with van der Waals surface area (Å²) in [5.74, 6) is -1.64. The number of aromatic nitrogens is 2. The van der Waals surface area contributed by atoms with Crippen LogP contribution in [0.15, 0.2) is 35.5 Å². The fourth-order valence-corrected chi connectivity index (χ4v) is 2.22. The average molecular weight is 402 g/mol. The summed E-state index contributed by atoms with van der Waals surface area (Å²) in [4.78, 5) is 11.1. The lowest BCUT2D eigenvalue weighted by Gasteiger charge is -2.18. The fourth-order valence-electron chi connectivity index (χ4n) is 2.22. The number of benzene rings is 1. The number of nitrogens with zero attached hydrogens (tertiary/aromatic N) is 3. The summed E-state index contributed by atoms with van der Waals surface area (Å²) in [5, 5.41) is 8.62. The van der Waals surface area contributed by atoms with Crippen LogP contribution in [-0.4, -0.2) is 36.1 Å². The average Bonchev–Trinajstić information content (AvgIpc) is 2.65. The number of aliphatic imine (C=N–C) groups is 1. The quantitative estimate of drug-likeness (QED) is 0.300. The summed E-state index contributed by atoms with van der Waals surface area (Å²) in [7, 11) is 1.52. The molecule has 0 aliphatic heterocycles. The van der Waals surface area contributed by atoms with Crippen molar-refractivity contribution in [2.24, 2.45) is 4.99 Å². The van der Waals surface area contributed by atoms with Crippen LogP contribution in [0.3, 0.4) is 0 Å². The Labute approximate surface area is 158 Å². The molecule has 1 unspecified atom stereocenters. The molecule has 2 aromatic rings. The topological polar surface area (TPSA) is 74.2 Å². The number of nitrogens with one attached hydrogen (secondary N) is 3. The Morgan fingerprint density at radius 3 is 2.54 bits per heavy atom. The van der Waals surface area contributed by atoms with Gasteiger partial charge in [0.15, 0.2) is 17.6 Å². The molecule has 0 bridgehead atoms. The summed E-state index contributed by atoms with van der Waals surface area (Å²) >= 11 is 0. The zero-order valence-corrected chi connectivity index (χ0v) is 15.1. The zero-order chi connectivity index (χ0) is 20.7. The van der Waals surface area contributed by atoms with E-state index < -0.39 is 23.5 Å². The molecular weight excluding hydrogens is 383 g/mol. The SMILES string of the molecule is CN=C(NCCNc1nccc(C(F)(F)F)n1)NC(C)c1ccc(F)c(F)c1. The Morgan fingerprint density at radius 1 is 1.14 bits per heavy atom. The number of alkyl halides is 3. The van der Waals surface area contributed by atoms with E-state index in [1.807, 2.05) is 0 Å². The van der Waals surface area contributed by atoms with Crippen LogP contribution in [0.2, 0.25) is 0 Å². The molecule has 0 radical (unpaired) electrons. The van der Waals surface area contributed by atoms with Crippen LogP contribution in [0.4, 0.5) is 27.9 Å². The summed E-state index contributed by atoms with van der Waals surface area (Å²) in [6, 6.07) is 4.01. The smallest absolute Gasteiger partial charge is 0.355 e. The summed E-state index contributed by atoms with van der Waals surface area (Å²) in [6.07, 6.45) is -3.52. The number of halogens is 5. The van der Waals surface area contributed by atoms with E-state index in [-0.39, 0.29) is 18.5 Å². The van der Waals surface area contributed by atoms with Crippen molar-refractivity contribution in [2.45, 2.75) is 19.1 Å². The number of hydrogen-bond donors (Lipinski definition) is 3. The normalized spacial score (nSPS) is 13.2. The van der Waals surface area contributed by atoms with Gasteiger partial charge < -0.3 is 16.0 Å². The molecule has 1 aromatic carbocycles. The molecule has 0 amide bonds. The van der Waals surface area contributed by atoms with Gasteiger partial charge in [-0.05, 0) is 30.7 Å². The second-order valence-corrected chi connectivity index (χ2v) is 5.73. The Morgan fingerprint density at radius 2 is 1.89 bits per heavy atom. The lowest BCUT2D eigenvalue weighted by Crippen LogP contribution is -2.40. The standard InChI is InChI=1S/C17H19F5N6/c1-10(11-3-4-12(18)13(19)9-11)27-15(23-2)25-7-8-26-16-24-6-5-14(28-16)17(20,21)22/h3-6,9-10H,7-8H2,1-2H3,(H2,23,25,27)(H,24,26,28). The van der Waals surface area contributed by atoms with Crippen molar-refractivity contribution in [3.63, 3.8) is 0 Å². The maximum absolute atomic E-state index is 13.3. The van der Waals surface area contributed by atoms with E-state index in [4.69, 9.17) is 0 Å². The number of anilines is 1.